The van der Waals surface area contributed by atoms with Gasteiger partial charge in [-0.15, -0.1) is 0 Å². The van der Waals surface area contributed by atoms with Crippen LogP contribution in [-0.2, 0) is 30.8 Å². The average Bonchev–Trinajstić information content (AvgIpc) is 2.99. The average molecular weight is 314 g/mol. The van der Waals surface area contributed by atoms with Crippen LogP contribution in [-0.4, -0.2) is 27.4 Å². The highest BCUT2D eigenvalue weighted by molar-refractivity contribution is 5.79. The molecule has 1 aromatic heterocycles. The van der Waals surface area contributed by atoms with Crippen molar-refractivity contribution in [3.63, 3.8) is 0 Å². The summed E-state index contributed by atoms with van der Waals surface area (Å²) < 4.78 is 5.77. The summed E-state index contributed by atoms with van der Waals surface area (Å²) in [5, 5.41) is 9.06. The molecule has 0 saturated carbocycles. The molecule has 1 aliphatic rings. The van der Waals surface area contributed by atoms with Crippen LogP contribution in [0.5, 0.6) is 0 Å². The number of carbonyl (C=O) groups is 1. The van der Waals surface area contributed by atoms with E-state index in [9.17, 15) is 4.79 Å². The predicted octanol–water partition coefficient (Wildman–Crippen LogP) is 2.42. The predicted molar refractivity (Wildman–Crippen MR) is 85.8 cm³/mol. The minimum atomic E-state index is 0.0213. The molecule has 2 heterocycles. The van der Waals surface area contributed by atoms with Crippen LogP contribution in [0.25, 0.3) is 0 Å². The number of oxazole rings is 1. The Labute approximate surface area is 135 Å². The minimum Gasteiger partial charge on any atom is -0.445 e. The number of aliphatic hydroxyl groups excluding tert-OH is 1. The van der Waals surface area contributed by atoms with Crippen LogP contribution in [0.4, 0.5) is 0 Å². The number of hydrogen-bond donors (Lipinski definition) is 1. The molecule has 122 valence electrons. The molecule has 0 unspecified atom stereocenters. The highest BCUT2D eigenvalue weighted by Gasteiger charge is 2.26. The summed E-state index contributed by atoms with van der Waals surface area (Å²) in [6.45, 7) is 5.33. The lowest BCUT2D eigenvalue weighted by Gasteiger charge is -2.25. The summed E-state index contributed by atoms with van der Waals surface area (Å²) in [6.07, 6.45) is 1.10. The van der Waals surface area contributed by atoms with E-state index in [0.717, 1.165) is 34.9 Å². The lowest BCUT2D eigenvalue weighted by atomic mass is 10.1. The number of aromatic nitrogens is 1. The molecule has 23 heavy (non-hydrogen) atoms. The quantitative estimate of drug-likeness (QED) is 0.941. The van der Waals surface area contributed by atoms with E-state index < -0.39 is 0 Å². The van der Waals surface area contributed by atoms with E-state index in [1.165, 1.54) is 0 Å². The maximum absolute atomic E-state index is 12.5. The zero-order valence-corrected chi connectivity index (χ0v) is 13.6. The SMILES string of the molecule is CC(C)c1nc2c(o1)CCN(C(=O)Cc1ccc(CO)cc1)C2. The van der Waals surface area contributed by atoms with Crippen molar-refractivity contribution < 1.29 is 14.3 Å². The fraction of sp³-hybridized carbons (Fsp3) is 0.444. The Hall–Kier alpha value is -2.14. The Morgan fingerprint density at radius 3 is 2.65 bits per heavy atom. The fourth-order valence-corrected chi connectivity index (χ4v) is 2.73. The van der Waals surface area contributed by atoms with E-state index in [0.29, 0.717) is 19.5 Å². The number of carbonyl (C=O) groups excluding carboxylic acids is 1. The molecule has 0 radical (unpaired) electrons. The van der Waals surface area contributed by atoms with Gasteiger partial charge in [0, 0.05) is 18.9 Å². The van der Waals surface area contributed by atoms with Gasteiger partial charge in [0.15, 0.2) is 5.89 Å². The summed E-state index contributed by atoms with van der Waals surface area (Å²) in [7, 11) is 0. The second kappa shape index (κ2) is 6.54. The van der Waals surface area contributed by atoms with E-state index >= 15 is 0 Å². The van der Waals surface area contributed by atoms with Gasteiger partial charge < -0.3 is 14.4 Å². The molecule has 0 atom stereocenters. The first kappa shape index (κ1) is 15.7. The minimum absolute atomic E-state index is 0.0213. The molecule has 5 nitrogen and oxygen atoms in total. The van der Waals surface area contributed by atoms with Crippen LogP contribution in [0.2, 0.25) is 0 Å². The van der Waals surface area contributed by atoms with Gasteiger partial charge in [0.1, 0.15) is 11.5 Å². The number of aliphatic hydroxyl groups is 1. The molecule has 5 heteroatoms. The number of rotatable bonds is 4. The Bertz CT molecular complexity index is 689. The van der Waals surface area contributed by atoms with Crippen LogP contribution >= 0.6 is 0 Å². The number of benzene rings is 1. The smallest absolute Gasteiger partial charge is 0.227 e. The van der Waals surface area contributed by atoms with Crippen molar-refractivity contribution >= 4 is 5.91 Å². The summed E-state index contributed by atoms with van der Waals surface area (Å²) in [5.41, 5.74) is 2.71. The summed E-state index contributed by atoms with van der Waals surface area (Å²) in [4.78, 5) is 18.9. The van der Waals surface area contributed by atoms with Crippen molar-refractivity contribution in [1.82, 2.24) is 9.88 Å². The summed E-state index contributed by atoms with van der Waals surface area (Å²) in [6, 6.07) is 7.49. The first-order valence-corrected chi connectivity index (χ1v) is 8.01. The molecule has 1 N–H and O–H groups in total. The second-order valence-corrected chi connectivity index (χ2v) is 6.29. The highest BCUT2D eigenvalue weighted by Crippen LogP contribution is 2.24. The lowest BCUT2D eigenvalue weighted by Crippen LogP contribution is -2.36. The molecule has 0 fully saturated rings. The van der Waals surface area contributed by atoms with E-state index in [-0.39, 0.29) is 18.4 Å². The Balaban J connectivity index is 1.66. The largest absolute Gasteiger partial charge is 0.445 e. The summed E-state index contributed by atoms with van der Waals surface area (Å²) >= 11 is 0. The molecular formula is C18H22N2O3. The van der Waals surface area contributed by atoms with E-state index in [4.69, 9.17) is 9.52 Å². The lowest BCUT2D eigenvalue weighted by molar-refractivity contribution is -0.131. The van der Waals surface area contributed by atoms with Gasteiger partial charge in [-0.1, -0.05) is 38.1 Å². The molecule has 2 aromatic rings. The first-order chi connectivity index (χ1) is 11.1. The van der Waals surface area contributed by atoms with Gasteiger partial charge >= 0.3 is 0 Å². The third-order valence-electron chi connectivity index (χ3n) is 4.15. The molecule has 0 spiro atoms. The van der Waals surface area contributed by atoms with Gasteiger partial charge in [-0.25, -0.2) is 4.98 Å². The topological polar surface area (TPSA) is 66.6 Å². The van der Waals surface area contributed by atoms with Crippen molar-refractivity contribution in [3.8, 4) is 0 Å². The van der Waals surface area contributed by atoms with Crippen LogP contribution in [0, 0.1) is 0 Å². The van der Waals surface area contributed by atoms with E-state index in [1.54, 1.807) is 0 Å². The maximum atomic E-state index is 12.5. The molecule has 0 saturated heterocycles. The number of amides is 1. The standard InChI is InChI=1S/C18H22N2O3/c1-12(2)18-19-15-10-20(8-7-16(15)23-18)17(22)9-13-3-5-14(11-21)6-4-13/h3-6,12,21H,7-11H2,1-2H3. The molecule has 0 bridgehead atoms. The van der Waals surface area contributed by atoms with Crippen molar-refractivity contribution in [2.24, 2.45) is 0 Å². The van der Waals surface area contributed by atoms with Crippen molar-refractivity contribution in [2.75, 3.05) is 6.54 Å². The third kappa shape index (κ3) is 3.45. The maximum Gasteiger partial charge on any atom is 0.227 e. The number of fused-ring (bicyclic) bond motifs is 1. The van der Waals surface area contributed by atoms with Crippen molar-refractivity contribution in [2.45, 2.75) is 45.8 Å². The van der Waals surface area contributed by atoms with Crippen LogP contribution in [0.1, 0.15) is 48.2 Å². The van der Waals surface area contributed by atoms with Crippen LogP contribution in [0.15, 0.2) is 28.7 Å². The van der Waals surface area contributed by atoms with E-state index in [2.05, 4.69) is 18.8 Å². The second-order valence-electron chi connectivity index (χ2n) is 6.29. The zero-order chi connectivity index (χ0) is 16.4. The molecular weight excluding hydrogens is 292 g/mol. The first-order valence-electron chi connectivity index (χ1n) is 8.01. The van der Waals surface area contributed by atoms with Gasteiger partial charge in [-0.05, 0) is 11.1 Å². The number of nitrogens with zero attached hydrogens (tertiary/aromatic N) is 2. The third-order valence-corrected chi connectivity index (χ3v) is 4.15. The molecule has 1 amide bonds. The molecule has 1 aromatic carbocycles. The van der Waals surface area contributed by atoms with Gasteiger partial charge in [0.05, 0.1) is 19.6 Å². The van der Waals surface area contributed by atoms with Gasteiger partial charge in [0.25, 0.3) is 0 Å². The monoisotopic (exact) mass is 314 g/mol. The Morgan fingerprint density at radius 2 is 2.00 bits per heavy atom. The van der Waals surface area contributed by atoms with Gasteiger partial charge in [0.2, 0.25) is 5.91 Å². The Morgan fingerprint density at radius 1 is 1.30 bits per heavy atom. The Kier molecular flexibility index (Phi) is 4.48. The molecule has 1 aliphatic heterocycles. The van der Waals surface area contributed by atoms with Gasteiger partial charge in [-0.3, -0.25) is 4.79 Å². The van der Waals surface area contributed by atoms with Crippen molar-refractivity contribution in [1.29, 1.82) is 0 Å². The summed E-state index contributed by atoms with van der Waals surface area (Å²) in [5.74, 6) is 2.03. The van der Waals surface area contributed by atoms with Crippen LogP contribution < -0.4 is 0 Å². The molecule has 0 aliphatic carbocycles. The number of hydrogen-bond acceptors (Lipinski definition) is 4. The van der Waals surface area contributed by atoms with E-state index in [1.807, 2.05) is 29.2 Å². The normalized spacial score (nSPS) is 14.2. The highest BCUT2D eigenvalue weighted by atomic mass is 16.4. The fourth-order valence-electron chi connectivity index (χ4n) is 2.73. The van der Waals surface area contributed by atoms with Gasteiger partial charge in [-0.2, -0.15) is 0 Å². The van der Waals surface area contributed by atoms with Crippen LogP contribution in [0.3, 0.4) is 0 Å². The van der Waals surface area contributed by atoms with Crippen molar-refractivity contribution in [3.05, 3.63) is 52.7 Å². The molecule has 3 rings (SSSR count). The zero-order valence-electron chi connectivity index (χ0n) is 13.6.